The molecule has 0 aromatic heterocycles. The van der Waals surface area contributed by atoms with Crippen LogP contribution in [0.1, 0.15) is 64.0 Å². The number of nitrogens with one attached hydrogen (secondary N) is 2. The normalized spacial score (nSPS) is 16.1. The number of hydrogen-bond donors (Lipinski definition) is 2. The van der Waals surface area contributed by atoms with E-state index in [0.717, 1.165) is 11.1 Å². The molecule has 1 aliphatic rings. The second kappa shape index (κ2) is 15.7. The van der Waals surface area contributed by atoms with Crippen LogP contribution >= 0.6 is 0 Å². The van der Waals surface area contributed by atoms with Crippen molar-refractivity contribution >= 4 is 29.5 Å². The lowest BCUT2D eigenvalue weighted by atomic mass is 9.98. The number of carbonyl (C=O) groups excluding carboxylic acids is 5. The summed E-state index contributed by atoms with van der Waals surface area (Å²) in [7, 11) is 0. The Morgan fingerprint density at radius 3 is 2.15 bits per heavy atom. The standard InChI is InChI=1S/C32H41N3O6/c1-4-12-25(29(37)28(36)20-23-13-7-5-8-14-23)33-30(38)27-17-11-18-35(27)31(39)26(19-22(2)3)34-32(40)41-21-24-15-9-6-10-16-24/h5-10,13-16,22,25-27H,4,11-12,17-21H2,1-3H3,(H,33,38)(H,34,40)/t25-,26-,27-/m0/s1. The molecule has 0 aliphatic carbocycles. The van der Waals surface area contributed by atoms with Gasteiger partial charge in [0.1, 0.15) is 18.7 Å². The second-order valence-corrected chi connectivity index (χ2v) is 10.9. The van der Waals surface area contributed by atoms with E-state index >= 15 is 0 Å². The van der Waals surface area contributed by atoms with E-state index in [9.17, 15) is 24.0 Å². The number of carbonyl (C=O) groups is 5. The number of amides is 3. The van der Waals surface area contributed by atoms with E-state index in [4.69, 9.17) is 4.74 Å². The average Bonchev–Trinajstić information content (AvgIpc) is 3.46. The van der Waals surface area contributed by atoms with Crippen molar-refractivity contribution in [2.24, 2.45) is 5.92 Å². The Kier molecular flexibility index (Phi) is 12.1. The fourth-order valence-corrected chi connectivity index (χ4v) is 4.99. The minimum atomic E-state index is -0.959. The molecule has 0 saturated carbocycles. The first kappa shape index (κ1) is 31.5. The number of ether oxygens (including phenoxy) is 1. The Labute approximate surface area is 242 Å². The van der Waals surface area contributed by atoms with Gasteiger partial charge in [-0.25, -0.2) is 4.79 Å². The van der Waals surface area contributed by atoms with Crippen molar-refractivity contribution in [2.45, 2.75) is 84.0 Å². The van der Waals surface area contributed by atoms with Gasteiger partial charge in [-0.1, -0.05) is 87.9 Å². The fourth-order valence-electron chi connectivity index (χ4n) is 4.99. The first-order valence-electron chi connectivity index (χ1n) is 14.4. The van der Waals surface area contributed by atoms with Crippen LogP contribution < -0.4 is 10.6 Å². The number of ketones is 2. The first-order chi connectivity index (χ1) is 19.7. The maximum Gasteiger partial charge on any atom is 0.408 e. The molecule has 9 heteroatoms. The zero-order chi connectivity index (χ0) is 29.8. The van der Waals surface area contributed by atoms with Gasteiger partial charge in [-0.3, -0.25) is 19.2 Å². The third kappa shape index (κ3) is 9.55. The molecule has 1 fully saturated rings. The van der Waals surface area contributed by atoms with Crippen LogP contribution in [0.4, 0.5) is 4.79 Å². The summed E-state index contributed by atoms with van der Waals surface area (Å²) >= 11 is 0. The third-order valence-electron chi connectivity index (χ3n) is 7.04. The Morgan fingerprint density at radius 2 is 1.54 bits per heavy atom. The molecule has 41 heavy (non-hydrogen) atoms. The molecule has 1 aliphatic heterocycles. The number of alkyl carbamates (subject to hydrolysis) is 1. The molecule has 2 N–H and O–H groups in total. The molecule has 9 nitrogen and oxygen atoms in total. The number of rotatable bonds is 14. The van der Waals surface area contributed by atoms with Gasteiger partial charge in [0.25, 0.3) is 0 Å². The highest BCUT2D eigenvalue weighted by atomic mass is 16.5. The summed E-state index contributed by atoms with van der Waals surface area (Å²) < 4.78 is 5.33. The summed E-state index contributed by atoms with van der Waals surface area (Å²) in [6.07, 6.45) is 1.57. The van der Waals surface area contributed by atoms with Crippen LogP contribution in [0.25, 0.3) is 0 Å². The number of Topliss-reactive ketones (excluding diaryl/α,β-unsaturated/α-hetero) is 2. The number of benzene rings is 2. The predicted molar refractivity (Wildman–Crippen MR) is 155 cm³/mol. The van der Waals surface area contributed by atoms with Gasteiger partial charge in [-0.05, 0) is 42.7 Å². The maximum absolute atomic E-state index is 13.6. The molecule has 2 aromatic rings. The molecule has 0 unspecified atom stereocenters. The smallest absolute Gasteiger partial charge is 0.408 e. The molecule has 3 amide bonds. The van der Waals surface area contributed by atoms with E-state index in [1.165, 1.54) is 4.90 Å². The van der Waals surface area contributed by atoms with E-state index in [2.05, 4.69) is 10.6 Å². The van der Waals surface area contributed by atoms with E-state index < -0.39 is 41.7 Å². The maximum atomic E-state index is 13.6. The lowest BCUT2D eigenvalue weighted by Crippen LogP contribution is -2.56. The van der Waals surface area contributed by atoms with Crippen LogP contribution in [0.5, 0.6) is 0 Å². The predicted octanol–water partition coefficient (Wildman–Crippen LogP) is 3.98. The number of likely N-dealkylation sites (tertiary alicyclic amines) is 1. The lowest BCUT2D eigenvalue weighted by molar-refractivity contribution is -0.142. The summed E-state index contributed by atoms with van der Waals surface area (Å²) in [5.74, 6) is -1.95. The van der Waals surface area contributed by atoms with Gasteiger partial charge in [-0.15, -0.1) is 0 Å². The zero-order valence-electron chi connectivity index (χ0n) is 24.1. The largest absolute Gasteiger partial charge is 0.445 e. The van der Waals surface area contributed by atoms with Crippen molar-refractivity contribution < 1.29 is 28.7 Å². The van der Waals surface area contributed by atoms with E-state index in [1.54, 1.807) is 24.3 Å². The Morgan fingerprint density at radius 1 is 0.902 bits per heavy atom. The van der Waals surface area contributed by atoms with Gasteiger partial charge in [0, 0.05) is 13.0 Å². The lowest BCUT2D eigenvalue weighted by Gasteiger charge is -2.30. The first-order valence-corrected chi connectivity index (χ1v) is 14.4. The van der Waals surface area contributed by atoms with Gasteiger partial charge >= 0.3 is 6.09 Å². The molecular weight excluding hydrogens is 522 g/mol. The summed E-state index contributed by atoms with van der Waals surface area (Å²) in [6, 6.07) is 15.6. The summed E-state index contributed by atoms with van der Waals surface area (Å²) in [4.78, 5) is 66.8. The van der Waals surface area contributed by atoms with Gasteiger partial charge in [0.2, 0.25) is 23.4 Å². The van der Waals surface area contributed by atoms with Crippen molar-refractivity contribution in [2.75, 3.05) is 6.54 Å². The minimum absolute atomic E-state index is 0.0350. The fraction of sp³-hybridized carbons (Fsp3) is 0.469. The van der Waals surface area contributed by atoms with Crippen LogP contribution in [-0.4, -0.2) is 59.0 Å². The molecule has 1 heterocycles. The van der Waals surface area contributed by atoms with Gasteiger partial charge in [0.15, 0.2) is 0 Å². The Bertz CT molecular complexity index is 1180. The highest BCUT2D eigenvalue weighted by Gasteiger charge is 2.39. The van der Waals surface area contributed by atoms with Crippen LogP contribution in [0.15, 0.2) is 60.7 Å². The van der Waals surface area contributed by atoms with Crippen LogP contribution in [-0.2, 0) is 36.9 Å². The van der Waals surface area contributed by atoms with Crippen LogP contribution in [0.3, 0.4) is 0 Å². The molecule has 220 valence electrons. The minimum Gasteiger partial charge on any atom is -0.445 e. The van der Waals surface area contributed by atoms with Gasteiger partial charge in [0.05, 0.1) is 6.04 Å². The molecule has 0 bridgehead atoms. The summed E-state index contributed by atoms with van der Waals surface area (Å²) in [5.41, 5.74) is 1.55. The average molecular weight is 564 g/mol. The van der Waals surface area contributed by atoms with Crippen molar-refractivity contribution in [1.82, 2.24) is 15.5 Å². The zero-order valence-corrected chi connectivity index (χ0v) is 24.1. The quantitative estimate of drug-likeness (QED) is 0.335. The molecule has 2 aromatic carbocycles. The van der Waals surface area contributed by atoms with Crippen LogP contribution in [0, 0.1) is 5.92 Å². The number of nitrogens with zero attached hydrogens (tertiary/aromatic N) is 1. The molecule has 0 spiro atoms. The molecule has 3 atom stereocenters. The summed E-state index contributed by atoms with van der Waals surface area (Å²) in [5, 5.41) is 5.44. The molecular formula is C32H41N3O6. The highest BCUT2D eigenvalue weighted by Crippen LogP contribution is 2.21. The van der Waals surface area contributed by atoms with E-state index in [1.807, 2.05) is 57.2 Å². The monoisotopic (exact) mass is 563 g/mol. The van der Waals surface area contributed by atoms with E-state index in [0.29, 0.717) is 38.6 Å². The summed E-state index contributed by atoms with van der Waals surface area (Å²) in [6.45, 7) is 6.18. The van der Waals surface area contributed by atoms with Crippen LogP contribution in [0.2, 0.25) is 0 Å². The third-order valence-corrected chi connectivity index (χ3v) is 7.04. The Hall–Kier alpha value is -4.01. The van der Waals surface area contributed by atoms with Crippen molar-refractivity contribution in [3.63, 3.8) is 0 Å². The van der Waals surface area contributed by atoms with Gasteiger partial charge in [-0.2, -0.15) is 0 Å². The van der Waals surface area contributed by atoms with Crippen molar-refractivity contribution in [1.29, 1.82) is 0 Å². The van der Waals surface area contributed by atoms with E-state index in [-0.39, 0.29) is 24.9 Å². The van der Waals surface area contributed by atoms with Gasteiger partial charge < -0.3 is 20.3 Å². The molecule has 1 saturated heterocycles. The van der Waals surface area contributed by atoms with Crippen molar-refractivity contribution in [3.05, 3.63) is 71.8 Å². The molecule has 3 rings (SSSR count). The Balaban J connectivity index is 1.64. The SMILES string of the molecule is CCC[C@H](NC(=O)[C@@H]1CCCN1C(=O)[C@H](CC(C)C)NC(=O)OCc1ccccc1)C(=O)C(=O)Cc1ccccc1. The second-order valence-electron chi connectivity index (χ2n) is 10.9. The topological polar surface area (TPSA) is 122 Å². The van der Waals surface area contributed by atoms with Crippen molar-refractivity contribution in [3.8, 4) is 0 Å². The molecule has 0 radical (unpaired) electrons. The number of hydrogen-bond acceptors (Lipinski definition) is 6. The highest BCUT2D eigenvalue weighted by molar-refractivity contribution is 6.39.